The van der Waals surface area contributed by atoms with Gasteiger partial charge in [0.05, 0.1) is 20.0 Å². The Balaban J connectivity index is 1.71. The van der Waals surface area contributed by atoms with Crippen molar-refractivity contribution in [3.05, 3.63) is 29.8 Å². The summed E-state index contributed by atoms with van der Waals surface area (Å²) in [6, 6.07) is 7.57. The smallest absolute Gasteiger partial charge is 0.305 e. The maximum Gasteiger partial charge on any atom is 0.305 e. The van der Waals surface area contributed by atoms with Gasteiger partial charge < -0.3 is 14.7 Å². The molecule has 2 aliphatic rings. The predicted octanol–water partition coefficient (Wildman–Crippen LogP) is 2.09. The minimum absolute atomic E-state index is 0.0450. The van der Waals surface area contributed by atoms with Gasteiger partial charge in [-0.05, 0) is 42.9 Å². The van der Waals surface area contributed by atoms with Crippen LogP contribution in [0.15, 0.2) is 24.3 Å². The molecule has 1 saturated heterocycles. The van der Waals surface area contributed by atoms with Crippen molar-refractivity contribution < 1.29 is 19.4 Å². The number of hydrogen-bond acceptors (Lipinski definition) is 3. The maximum atomic E-state index is 12.7. The molecule has 1 aliphatic heterocycles. The van der Waals surface area contributed by atoms with Gasteiger partial charge in [0.1, 0.15) is 5.75 Å². The lowest BCUT2D eigenvalue weighted by atomic mass is 9.95. The number of methoxy groups -OCH3 is 1. The Kier molecular flexibility index (Phi) is 4.05. The number of ether oxygens (including phenoxy) is 1. The van der Waals surface area contributed by atoms with E-state index in [4.69, 9.17) is 9.84 Å². The first kappa shape index (κ1) is 14.9. The second kappa shape index (κ2) is 5.99. The van der Waals surface area contributed by atoms with Crippen LogP contribution in [-0.4, -0.2) is 41.1 Å². The standard InChI is InChI=1S/C17H21NO4/c1-22-14-6-2-11(3-7-14)8-16(19)18-13-5-4-12(9-13)15(18)10-17(20)21/h2-3,6-7,12-13,15H,4-5,8-10H2,1H3,(H,20,21)/t12-,13+,15+/m0/s1. The molecule has 1 aliphatic carbocycles. The third-order valence-corrected chi connectivity index (χ3v) is 4.93. The Morgan fingerprint density at radius 2 is 2.00 bits per heavy atom. The number of likely N-dealkylation sites (tertiary alicyclic amines) is 1. The van der Waals surface area contributed by atoms with E-state index in [-0.39, 0.29) is 24.4 Å². The summed E-state index contributed by atoms with van der Waals surface area (Å²) in [5.41, 5.74) is 0.933. The van der Waals surface area contributed by atoms with Crippen molar-refractivity contribution in [3.8, 4) is 5.75 Å². The molecule has 118 valence electrons. The van der Waals surface area contributed by atoms with Crippen molar-refractivity contribution >= 4 is 11.9 Å². The molecule has 1 heterocycles. The summed E-state index contributed by atoms with van der Waals surface area (Å²) in [5.74, 6) is 0.351. The Labute approximate surface area is 129 Å². The van der Waals surface area contributed by atoms with Crippen LogP contribution in [0, 0.1) is 5.92 Å². The van der Waals surface area contributed by atoms with Crippen molar-refractivity contribution in [3.63, 3.8) is 0 Å². The first-order valence-electron chi connectivity index (χ1n) is 7.74. The van der Waals surface area contributed by atoms with Crippen LogP contribution in [0.5, 0.6) is 5.75 Å². The lowest BCUT2D eigenvalue weighted by Crippen LogP contribution is -2.46. The first-order chi connectivity index (χ1) is 10.6. The monoisotopic (exact) mass is 303 g/mol. The first-order valence-corrected chi connectivity index (χ1v) is 7.74. The number of aliphatic carboxylic acids is 1. The van der Waals surface area contributed by atoms with Gasteiger partial charge in [0.15, 0.2) is 0 Å². The van der Waals surface area contributed by atoms with E-state index >= 15 is 0 Å². The molecule has 0 unspecified atom stereocenters. The largest absolute Gasteiger partial charge is 0.497 e. The van der Waals surface area contributed by atoms with Crippen LogP contribution >= 0.6 is 0 Å². The third kappa shape index (κ3) is 2.80. The molecule has 5 heteroatoms. The molecule has 1 N–H and O–H groups in total. The van der Waals surface area contributed by atoms with Crippen LogP contribution in [-0.2, 0) is 16.0 Å². The van der Waals surface area contributed by atoms with E-state index in [1.54, 1.807) is 7.11 Å². The zero-order valence-electron chi connectivity index (χ0n) is 12.7. The fraction of sp³-hybridized carbons (Fsp3) is 0.529. The Bertz CT molecular complexity index is 569. The number of carboxylic acid groups (broad SMARTS) is 1. The third-order valence-electron chi connectivity index (χ3n) is 4.93. The highest BCUT2D eigenvalue weighted by Crippen LogP contribution is 2.43. The molecular weight excluding hydrogens is 282 g/mol. The van der Waals surface area contributed by atoms with E-state index < -0.39 is 5.97 Å². The van der Waals surface area contributed by atoms with Crippen molar-refractivity contribution in [2.24, 2.45) is 5.92 Å². The summed E-state index contributed by atoms with van der Waals surface area (Å²) in [5, 5.41) is 9.10. The topological polar surface area (TPSA) is 66.8 Å². The number of carbonyl (C=O) groups is 2. The van der Waals surface area contributed by atoms with Crippen LogP contribution in [0.4, 0.5) is 0 Å². The van der Waals surface area contributed by atoms with Gasteiger partial charge in [0.25, 0.3) is 0 Å². The van der Waals surface area contributed by atoms with Gasteiger partial charge in [-0.25, -0.2) is 0 Å². The second-order valence-corrected chi connectivity index (χ2v) is 6.22. The fourth-order valence-electron chi connectivity index (χ4n) is 3.93. The highest BCUT2D eigenvalue weighted by atomic mass is 16.5. The summed E-state index contributed by atoms with van der Waals surface area (Å²) >= 11 is 0. The summed E-state index contributed by atoms with van der Waals surface area (Å²) in [7, 11) is 1.61. The number of nitrogens with zero attached hydrogens (tertiary/aromatic N) is 1. The SMILES string of the molecule is COc1ccc(CC(=O)N2[C@@H]3CC[C@@H](C3)[C@H]2CC(=O)O)cc1. The number of benzene rings is 1. The molecule has 0 radical (unpaired) electrons. The van der Waals surface area contributed by atoms with Crippen LogP contribution in [0.3, 0.4) is 0 Å². The minimum atomic E-state index is -0.820. The molecule has 5 nitrogen and oxygen atoms in total. The van der Waals surface area contributed by atoms with E-state index in [9.17, 15) is 9.59 Å². The lowest BCUT2D eigenvalue weighted by molar-refractivity contribution is -0.141. The number of fused-ring (bicyclic) bond motifs is 2. The highest BCUT2D eigenvalue weighted by Gasteiger charge is 2.48. The van der Waals surface area contributed by atoms with Gasteiger partial charge >= 0.3 is 5.97 Å². The highest BCUT2D eigenvalue weighted by molar-refractivity contribution is 5.81. The van der Waals surface area contributed by atoms with Gasteiger partial charge in [-0.1, -0.05) is 12.1 Å². The van der Waals surface area contributed by atoms with Crippen molar-refractivity contribution in [1.82, 2.24) is 4.90 Å². The van der Waals surface area contributed by atoms with Gasteiger partial charge in [-0.3, -0.25) is 9.59 Å². The van der Waals surface area contributed by atoms with Gasteiger partial charge in [-0.15, -0.1) is 0 Å². The van der Waals surface area contributed by atoms with Gasteiger partial charge in [0.2, 0.25) is 5.91 Å². The summed E-state index contributed by atoms with van der Waals surface area (Å²) in [6.07, 6.45) is 3.41. The molecule has 0 aromatic heterocycles. The van der Waals surface area contributed by atoms with Crippen molar-refractivity contribution in [2.45, 2.75) is 44.2 Å². The molecule has 3 atom stereocenters. The van der Waals surface area contributed by atoms with Crippen LogP contribution in [0.25, 0.3) is 0 Å². The maximum absolute atomic E-state index is 12.7. The number of hydrogen-bond donors (Lipinski definition) is 1. The Morgan fingerprint density at radius 3 is 2.64 bits per heavy atom. The molecule has 0 spiro atoms. The number of rotatable bonds is 5. The molecule has 3 rings (SSSR count). The predicted molar refractivity (Wildman–Crippen MR) is 80.7 cm³/mol. The average Bonchev–Trinajstić information content (AvgIpc) is 3.08. The molecule has 1 aromatic rings. The van der Waals surface area contributed by atoms with Gasteiger partial charge in [-0.2, -0.15) is 0 Å². The van der Waals surface area contributed by atoms with E-state index in [1.165, 1.54) is 0 Å². The van der Waals surface area contributed by atoms with E-state index in [0.717, 1.165) is 30.6 Å². The molecule has 22 heavy (non-hydrogen) atoms. The molecule has 2 fully saturated rings. The molecule has 1 amide bonds. The Morgan fingerprint density at radius 1 is 1.27 bits per heavy atom. The molecule has 1 saturated carbocycles. The minimum Gasteiger partial charge on any atom is -0.497 e. The lowest BCUT2D eigenvalue weighted by Gasteiger charge is -2.34. The van der Waals surface area contributed by atoms with E-state index in [1.807, 2.05) is 29.2 Å². The van der Waals surface area contributed by atoms with E-state index in [2.05, 4.69) is 0 Å². The van der Waals surface area contributed by atoms with Gasteiger partial charge in [0, 0.05) is 12.1 Å². The Hall–Kier alpha value is -2.04. The number of carboxylic acids is 1. The zero-order valence-corrected chi connectivity index (χ0v) is 12.7. The number of piperidine rings is 1. The van der Waals surface area contributed by atoms with Crippen LogP contribution in [0.2, 0.25) is 0 Å². The molecule has 2 bridgehead atoms. The normalized spacial score (nSPS) is 26.2. The van der Waals surface area contributed by atoms with Crippen molar-refractivity contribution in [2.75, 3.05) is 7.11 Å². The van der Waals surface area contributed by atoms with E-state index in [0.29, 0.717) is 12.3 Å². The van der Waals surface area contributed by atoms with Crippen molar-refractivity contribution in [1.29, 1.82) is 0 Å². The summed E-state index contributed by atoms with van der Waals surface area (Å²) in [6.45, 7) is 0. The summed E-state index contributed by atoms with van der Waals surface area (Å²) < 4.78 is 5.11. The number of amides is 1. The second-order valence-electron chi connectivity index (χ2n) is 6.22. The zero-order chi connectivity index (χ0) is 15.7. The average molecular weight is 303 g/mol. The van der Waals surface area contributed by atoms with Crippen LogP contribution in [0.1, 0.15) is 31.2 Å². The quantitative estimate of drug-likeness (QED) is 0.904. The fourth-order valence-corrected chi connectivity index (χ4v) is 3.93. The molecule has 1 aromatic carbocycles. The number of carbonyl (C=O) groups excluding carboxylic acids is 1. The van der Waals surface area contributed by atoms with Crippen LogP contribution < -0.4 is 4.74 Å². The summed E-state index contributed by atoms with van der Waals surface area (Å²) in [4.78, 5) is 25.6. The molecular formula is C17H21NO4.